The van der Waals surface area contributed by atoms with Crippen molar-refractivity contribution in [1.82, 2.24) is 59.8 Å². The van der Waals surface area contributed by atoms with E-state index in [9.17, 15) is 0 Å². The van der Waals surface area contributed by atoms with E-state index in [4.69, 9.17) is 44.9 Å². The fourth-order valence-corrected chi connectivity index (χ4v) is 9.20. The van der Waals surface area contributed by atoms with E-state index in [-0.39, 0.29) is 0 Å². The van der Waals surface area contributed by atoms with Gasteiger partial charge < -0.3 is 0 Å². The van der Waals surface area contributed by atoms with Gasteiger partial charge in [-0.15, -0.1) is 0 Å². The lowest BCUT2D eigenvalue weighted by molar-refractivity contribution is 1.21. The molecule has 13 rings (SSSR count). The second-order valence-electron chi connectivity index (χ2n) is 18.2. The predicted octanol–water partition coefficient (Wildman–Crippen LogP) is 14.4. The van der Waals surface area contributed by atoms with Gasteiger partial charge in [0.15, 0.2) is 0 Å². The Morgan fingerprint density at radius 3 is 0.500 bits per heavy atom. The molecular weight excluding hydrogens is 961 g/mol. The third kappa shape index (κ3) is 10.0. The van der Waals surface area contributed by atoms with Crippen LogP contribution in [-0.2, 0) is 0 Å². The van der Waals surface area contributed by atoms with Crippen molar-refractivity contribution >= 4 is 0 Å². The van der Waals surface area contributed by atoms with Crippen LogP contribution in [0.3, 0.4) is 0 Å². The van der Waals surface area contributed by atoms with E-state index in [0.717, 1.165) is 102 Å². The Morgan fingerprint density at radius 2 is 0.321 bits per heavy atom. The van der Waals surface area contributed by atoms with Crippen LogP contribution in [0.25, 0.3) is 136 Å². The Balaban J connectivity index is 0.879. The fourth-order valence-electron chi connectivity index (χ4n) is 9.20. The van der Waals surface area contributed by atoms with Gasteiger partial charge in [0.1, 0.15) is 0 Å². The first kappa shape index (κ1) is 46.8. The van der Waals surface area contributed by atoms with Crippen LogP contribution in [-0.4, -0.2) is 59.8 Å². The van der Waals surface area contributed by atoms with Crippen LogP contribution < -0.4 is 0 Å². The number of rotatable bonds is 12. The highest BCUT2D eigenvalue weighted by atomic mass is 14.9. The van der Waals surface area contributed by atoms with Crippen molar-refractivity contribution in [2.24, 2.45) is 0 Å². The van der Waals surface area contributed by atoms with E-state index in [1.54, 1.807) is 18.6 Å². The van der Waals surface area contributed by atoms with Gasteiger partial charge >= 0.3 is 0 Å². The second-order valence-corrected chi connectivity index (χ2v) is 18.2. The van der Waals surface area contributed by atoms with E-state index in [0.29, 0.717) is 34.2 Å². The van der Waals surface area contributed by atoms with Crippen LogP contribution in [0.4, 0.5) is 0 Å². The molecule has 366 valence electrons. The molecule has 12 heterocycles. The van der Waals surface area contributed by atoms with E-state index in [2.05, 4.69) is 33.2 Å². The van der Waals surface area contributed by atoms with E-state index < -0.39 is 0 Å². The summed E-state index contributed by atoms with van der Waals surface area (Å²) in [4.78, 5) is 58.8. The van der Waals surface area contributed by atoms with E-state index >= 15 is 0 Å². The Morgan fingerprint density at radius 1 is 0.154 bits per heavy atom. The summed E-state index contributed by atoms with van der Waals surface area (Å²) >= 11 is 0. The smallest absolute Gasteiger partial charge is 0.0894 e. The van der Waals surface area contributed by atoms with Crippen LogP contribution in [0.5, 0.6) is 0 Å². The third-order valence-corrected chi connectivity index (χ3v) is 13.0. The molecule has 13 aromatic rings. The average Bonchev–Trinajstić information content (AvgIpc) is 3.56. The normalized spacial score (nSPS) is 11.1. The number of nitrogens with zero attached hydrogens (tertiary/aromatic N) is 12. The summed E-state index contributed by atoms with van der Waals surface area (Å²) < 4.78 is 0. The van der Waals surface area contributed by atoms with Gasteiger partial charge in [-0.2, -0.15) is 0 Å². The molecule has 1 aromatic carbocycles. The highest BCUT2D eigenvalue weighted by Crippen LogP contribution is 2.35. The molecule has 0 N–H and O–H groups in total. The van der Waals surface area contributed by atoms with Crippen LogP contribution in [0.15, 0.2) is 256 Å². The quantitative estimate of drug-likeness (QED) is 0.114. The minimum atomic E-state index is 0.711. The molecule has 0 fully saturated rings. The van der Waals surface area contributed by atoms with Gasteiger partial charge in [0.25, 0.3) is 0 Å². The molecular formula is C66H42N12. The first-order chi connectivity index (χ1) is 38.6. The third-order valence-electron chi connectivity index (χ3n) is 13.0. The van der Waals surface area contributed by atoms with Crippen LogP contribution in [0, 0.1) is 0 Å². The molecule has 12 aromatic heterocycles. The van der Waals surface area contributed by atoms with Crippen LogP contribution >= 0.6 is 0 Å². The molecule has 0 unspecified atom stereocenters. The number of pyridine rings is 12. The summed E-state index contributed by atoms with van der Waals surface area (Å²) in [5.41, 5.74) is 18.8. The molecule has 0 saturated carbocycles. The zero-order chi connectivity index (χ0) is 52.0. The van der Waals surface area contributed by atoms with Crippen molar-refractivity contribution in [2.45, 2.75) is 0 Å². The lowest BCUT2D eigenvalue weighted by Gasteiger charge is -2.13. The molecule has 0 aliphatic heterocycles. The largest absolute Gasteiger partial charge is 0.264 e. The average molecular weight is 1000 g/mol. The van der Waals surface area contributed by atoms with Crippen LogP contribution in [0.1, 0.15) is 0 Å². The number of benzene rings is 1. The molecule has 0 saturated heterocycles. The zero-order valence-electron chi connectivity index (χ0n) is 41.6. The van der Waals surface area contributed by atoms with E-state index in [1.807, 2.05) is 219 Å². The van der Waals surface area contributed by atoms with E-state index in [1.165, 1.54) is 0 Å². The van der Waals surface area contributed by atoms with Gasteiger partial charge in [-0.1, -0.05) is 54.6 Å². The second kappa shape index (κ2) is 21.1. The number of aromatic nitrogens is 12. The number of hydrogen-bond donors (Lipinski definition) is 0. The zero-order valence-corrected chi connectivity index (χ0v) is 41.6. The minimum absolute atomic E-state index is 0.711. The molecule has 0 aliphatic carbocycles. The van der Waals surface area contributed by atoms with Crippen molar-refractivity contribution < 1.29 is 0 Å². The summed E-state index contributed by atoms with van der Waals surface area (Å²) in [5.74, 6) is 0. The standard InChI is InChI=1S/C66H42N12/c1-16-49(43-13-10-34-67-40-43)70-55(22-1)61-28-7-31-64(76-61)58-25-4-19-52(73-58)46-37-47(53-20-5-26-59(74-53)65-32-8-29-62(77-65)56-23-2-17-50(71-56)44-14-11-35-68-41-44)39-48(38-46)54-21-6-27-60(75-54)66-33-9-30-63(78-66)57-24-3-18-51(72-57)45-15-12-36-69-42-45/h1-42H. The predicted molar refractivity (Wildman–Crippen MR) is 305 cm³/mol. The first-order valence-corrected chi connectivity index (χ1v) is 25.2. The maximum Gasteiger partial charge on any atom is 0.0894 e. The van der Waals surface area contributed by atoms with Crippen molar-refractivity contribution in [2.75, 3.05) is 0 Å². The maximum atomic E-state index is 5.27. The highest BCUT2D eigenvalue weighted by Gasteiger charge is 2.16. The first-order valence-electron chi connectivity index (χ1n) is 25.2. The summed E-state index contributed by atoms with van der Waals surface area (Å²) in [6, 6.07) is 71.7. The highest BCUT2D eigenvalue weighted by molar-refractivity contribution is 5.81. The van der Waals surface area contributed by atoms with Crippen molar-refractivity contribution in [3.8, 4) is 136 Å². The van der Waals surface area contributed by atoms with Gasteiger partial charge in [0.05, 0.1) is 102 Å². The SMILES string of the molecule is c1cncc(-c2cccc(-c3cccc(-c4cccc(-c5cc(-c6cccc(-c7cccc(-c8cccc(-c9cccnc9)n8)n7)n6)cc(-c6cccc(-c7cccc(-c8cccc(-c9cccnc9)n8)n7)n6)c5)n4)n3)n2)c1. The molecule has 0 aliphatic rings. The van der Waals surface area contributed by atoms with Gasteiger partial charge in [0.2, 0.25) is 0 Å². The molecule has 0 atom stereocenters. The Kier molecular flexibility index (Phi) is 12.7. The van der Waals surface area contributed by atoms with Gasteiger partial charge in [0, 0.05) is 70.6 Å². The number of hydrogen-bond acceptors (Lipinski definition) is 12. The summed E-state index contributed by atoms with van der Waals surface area (Å²) in [5, 5.41) is 0. The Hall–Kier alpha value is -11.0. The van der Waals surface area contributed by atoms with Gasteiger partial charge in [-0.25, -0.2) is 44.9 Å². The fraction of sp³-hybridized carbons (Fsp3) is 0. The van der Waals surface area contributed by atoms with Crippen molar-refractivity contribution in [3.05, 3.63) is 256 Å². The Bertz CT molecular complexity index is 3840. The molecule has 12 heteroatoms. The molecule has 0 amide bonds. The van der Waals surface area contributed by atoms with Crippen molar-refractivity contribution in [3.63, 3.8) is 0 Å². The molecule has 78 heavy (non-hydrogen) atoms. The molecule has 0 bridgehead atoms. The lowest BCUT2D eigenvalue weighted by atomic mass is 9.98. The Labute approximate surface area is 449 Å². The topological polar surface area (TPSA) is 155 Å². The maximum absolute atomic E-state index is 5.27. The molecule has 0 radical (unpaired) electrons. The van der Waals surface area contributed by atoms with Gasteiger partial charge in [-0.3, -0.25) is 15.0 Å². The lowest BCUT2D eigenvalue weighted by Crippen LogP contribution is -1.96. The molecule has 12 nitrogen and oxygen atoms in total. The summed E-state index contributed by atoms with van der Waals surface area (Å²) in [6.45, 7) is 0. The van der Waals surface area contributed by atoms with Gasteiger partial charge in [-0.05, 0) is 164 Å². The molecule has 0 spiro atoms. The van der Waals surface area contributed by atoms with Crippen LogP contribution in [0.2, 0.25) is 0 Å². The van der Waals surface area contributed by atoms with Crippen molar-refractivity contribution in [1.29, 1.82) is 0 Å². The summed E-state index contributed by atoms with van der Waals surface area (Å²) in [7, 11) is 0. The summed E-state index contributed by atoms with van der Waals surface area (Å²) in [6.07, 6.45) is 10.7. The minimum Gasteiger partial charge on any atom is -0.264 e. The monoisotopic (exact) mass is 1000 g/mol.